The van der Waals surface area contributed by atoms with E-state index in [-0.39, 0.29) is 0 Å². The third kappa shape index (κ3) is 2.75. The number of aliphatic hydroxyl groups excluding tert-OH is 1. The molecule has 2 N–H and O–H groups in total. The van der Waals surface area contributed by atoms with Gasteiger partial charge in [-0.2, -0.15) is 4.52 Å². The van der Waals surface area contributed by atoms with E-state index < -0.39 is 6.10 Å². The molecule has 0 aliphatic rings. The van der Waals surface area contributed by atoms with E-state index >= 15 is 0 Å². The van der Waals surface area contributed by atoms with Crippen molar-refractivity contribution >= 4 is 11.5 Å². The molecule has 21 heavy (non-hydrogen) atoms. The van der Waals surface area contributed by atoms with E-state index in [9.17, 15) is 5.11 Å². The highest BCUT2D eigenvalue weighted by Gasteiger charge is 2.09. The Balaban J connectivity index is 1.70. The number of hydrogen-bond acceptors (Lipinski definition) is 7. The van der Waals surface area contributed by atoms with Crippen molar-refractivity contribution in [3.05, 3.63) is 42.2 Å². The number of rotatable bonds is 5. The van der Waals surface area contributed by atoms with Crippen LogP contribution >= 0.6 is 0 Å². The third-order valence-electron chi connectivity index (χ3n) is 3.09. The highest BCUT2D eigenvalue weighted by Crippen LogP contribution is 2.18. The van der Waals surface area contributed by atoms with Crippen molar-refractivity contribution in [3.63, 3.8) is 0 Å². The molecular formula is C13H14N6O2. The Kier molecular flexibility index (Phi) is 3.61. The third-order valence-corrected chi connectivity index (χ3v) is 3.09. The molecule has 0 aliphatic carbocycles. The minimum Gasteiger partial charge on any atom is -0.497 e. The van der Waals surface area contributed by atoms with Crippen LogP contribution in [-0.4, -0.2) is 43.8 Å². The zero-order valence-corrected chi connectivity index (χ0v) is 11.3. The number of ether oxygens (including phenoxy) is 1. The van der Waals surface area contributed by atoms with Crippen LogP contribution in [-0.2, 0) is 0 Å². The van der Waals surface area contributed by atoms with Gasteiger partial charge in [-0.25, -0.2) is 0 Å². The summed E-state index contributed by atoms with van der Waals surface area (Å²) >= 11 is 0. The summed E-state index contributed by atoms with van der Waals surface area (Å²) in [6.07, 6.45) is 2.50. The molecule has 0 saturated heterocycles. The van der Waals surface area contributed by atoms with Gasteiger partial charge in [0.15, 0.2) is 11.5 Å². The fraction of sp³-hybridized carbons (Fsp3) is 0.231. The van der Waals surface area contributed by atoms with Crippen molar-refractivity contribution < 1.29 is 9.84 Å². The summed E-state index contributed by atoms with van der Waals surface area (Å²) in [6, 6.07) is 7.26. The fourth-order valence-corrected chi connectivity index (χ4v) is 1.94. The second-order valence-corrected chi connectivity index (χ2v) is 4.41. The summed E-state index contributed by atoms with van der Waals surface area (Å²) in [6.45, 7) is 0.312. The van der Waals surface area contributed by atoms with Crippen molar-refractivity contribution in [2.75, 3.05) is 19.0 Å². The Morgan fingerprint density at radius 3 is 2.86 bits per heavy atom. The van der Waals surface area contributed by atoms with Gasteiger partial charge >= 0.3 is 0 Å². The number of anilines is 1. The van der Waals surface area contributed by atoms with E-state index in [2.05, 4.69) is 25.8 Å². The first-order valence-electron chi connectivity index (χ1n) is 6.36. The van der Waals surface area contributed by atoms with E-state index in [0.29, 0.717) is 18.0 Å². The molecule has 1 unspecified atom stereocenters. The maximum atomic E-state index is 10.2. The minimum atomic E-state index is -0.664. The molecule has 0 saturated carbocycles. The Morgan fingerprint density at radius 2 is 2.10 bits per heavy atom. The van der Waals surface area contributed by atoms with Crippen LogP contribution in [0.2, 0.25) is 0 Å². The Bertz CT molecular complexity index is 727. The monoisotopic (exact) mass is 286 g/mol. The molecule has 2 heterocycles. The number of nitrogens with one attached hydrogen (secondary N) is 1. The molecule has 0 aliphatic heterocycles. The summed E-state index contributed by atoms with van der Waals surface area (Å²) in [5, 5.41) is 24.5. The summed E-state index contributed by atoms with van der Waals surface area (Å²) < 4.78 is 6.61. The highest BCUT2D eigenvalue weighted by molar-refractivity contribution is 5.44. The maximum absolute atomic E-state index is 10.2. The summed E-state index contributed by atoms with van der Waals surface area (Å²) in [4.78, 5) is 4.03. The van der Waals surface area contributed by atoms with Gasteiger partial charge in [0.1, 0.15) is 5.75 Å². The standard InChI is InChI=1S/C13H14N6O2/c1-21-10-4-2-9(3-5-10)11(20)6-15-12-7-14-8-13-16-17-18-19(12)13/h2-5,7-8,11,15,20H,6H2,1H3. The van der Waals surface area contributed by atoms with Crippen molar-refractivity contribution in [1.29, 1.82) is 0 Å². The molecule has 0 spiro atoms. The molecule has 0 radical (unpaired) electrons. The fourth-order valence-electron chi connectivity index (χ4n) is 1.94. The average Bonchev–Trinajstić information content (AvgIpc) is 3.02. The lowest BCUT2D eigenvalue weighted by Crippen LogP contribution is -2.14. The van der Waals surface area contributed by atoms with Crippen molar-refractivity contribution in [3.8, 4) is 5.75 Å². The Hall–Kier alpha value is -2.74. The van der Waals surface area contributed by atoms with Crippen LogP contribution in [0, 0.1) is 0 Å². The largest absolute Gasteiger partial charge is 0.497 e. The number of fused-ring (bicyclic) bond motifs is 1. The lowest BCUT2D eigenvalue weighted by molar-refractivity contribution is 0.191. The summed E-state index contributed by atoms with van der Waals surface area (Å²) in [5.74, 6) is 1.37. The first kappa shape index (κ1) is 13.3. The van der Waals surface area contributed by atoms with Gasteiger partial charge in [-0.3, -0.25) is 4.98 Å². The van der Waals surface area contributed by atoms with Crippen molar-refractivity contribution in [2.24, 2.45) is 0 Å². The van der Waals surface area contributed by atoms with Crippen molar-refractivity contribution in [2.45, 2.75) is 6.10 Å². The van der Waals surface area contributed by atoms with Gasteiger partial charge in [0.2, 0.25) is 0 Å². The van der Waals surface area contributed by atoms with Gasteiger partial charge in [0.05, 0.1) is 25.6 Å². The molecule has 2 aromatic heterocycles. The lowest BCUT2D eigenvalue weighted by Gasteiger charge is -2.13. The molecule has 1 atom stereocenters. The van der Waals surface area contributed by atoms with E-state index in [0.717, 1.165) is 11.3 Å². The van der Waals surface area contributed by atoms with Crippen molar-refractivity contribution in [1.82, 2.24) is 25.0 Å². The van der Waals surface area contributed by atoms with Crippen LogP contribution < -0.4 is 10.1 Å². The molecule has 8 heteroatoms. The number of tetrazole rings is 1. The highest BCUT2D eigenvalue weighted by atomic mass is 16.5. The molecule has 3 rings (SSSR count). The van der Waals surface area contributed by atoms with E-state index in [1.54, 1.807) is 19.5 Å². The van der Waals surface area contributed by atoms with Crippen LogP contribution in [0.15, 0.2) is 36.7 Å². The van der Waals surface area contributed by atoms with Crippen LogP contribution in [0.4, 0.5) is 5.82 Å². The molecule has 8 nitrogen and oxygen atoms in total. The van der Waals surface area contributed by atoms with Gasteiger partial charge < -0.3 is 15.2 Å². The van der Waals surface area contributed by atoms with Crippen LogP contribution in [0.25, 0.3) is 5.65 Å². The van der Waals surface area contributed by atoms with Gasteiger partial charge in [0, 0.05) is 6.54 Å². The quantitative estimate of drug-likeness (QED) is 0.711. The molecular weight excluding hydrogens is 272 g/mol. The molecule has 0 amide bonds. The number of hydrogen-bond donors (Lipinski definition) is 2. The Labute approximate surface area is 120 Å². The molecule has 3 aromatic rings. The smallest absolute Gasteiger partial charge is 0.199 e. The van der Waals surface area contributed by atoms with Crippen LogP contribution in [0.3, 0.4) is 0 Å². The first-order chi connectivity index (χ1) is 10.3. The Morgan fingerprint density at radius 1 is 1.29 bits per heavy atom. The van der Waals surface area contributed by atoms with Gasteiger partial charge in [0.25, 0.3) is 0 Å². The van der Waals surface area contributed by atoms with E-state index in [4.69, 9.17) is 4.74 Å². The molecule has 108 valence electrons. The zero-order chi connectivity index (χ0) is 14.7. The summed E-state index contributed by atoms with van der Waals surface area (Å²) in [5.41, 5.74) is 1.33. The number of aromatic nitrogens is 5. The zero-order valence-electron chi connectivity index (χ0n) is 11.3. The minimum absolute atomic E-state index is 0.312. The molecule has 1 aromatic carbocycles. The molecule has 0 fully saturated rings. The SMILES string of the molecule is COc1ccc(C(O)CNc2cncc3nnnn23)cc1. The number of benzene rings is 1. The normalized spacial score (nSPS) is 12.3. The second kappa shape index (κ2) is 5.71. The first-order valence-corrected chi connectivity index (χ1v) is 6.36. The van der Waals surface area contributed by atoms with Gasteiger partial charge in [-0.1, -0.05) is 12.1 Å². The second-order valence-electron chi connectivity index (χ2n) is 4.41. The predicted octanol–water partition coefficient (Wildman–Crippen LogP) is 0.673. The topological polar surface area (TPSA) is 97.5 Å². The summed E-state index contributed by atoms with van der Waals surface area (Å²) in [7, 11) is 1.60. The molecule has 0 bridgehead atoms. The van der Waals surface area contributed by atoms with Gasteiger partial charge in [-0.05, 0) is 28.1 Å². The number of nitrogens with zero attached hydrogens (tertiary/aromatic N) is 5. The van der Waals surface area contributed by atoms with Crippen LogP contribution in [0.1, 0.15) is 11.7 Å². The van der Waals surface area contributed by atoms with E-state index in [1.165, 1.54) is 4.52 Å². The number of aliphatic hydroxyl groups is 1. The number of methoxy groups -OCH3 is 1. The average molecular weight is 286 g/mol. The maximum Gasteiger partial charge on any atom is 0.199 e. The van der Waals surface area contributed by atoms with Crippen LogP contribution in [0.5, 0.6) is 5.75 Å². The predicted molar refractivity (Wildman–Crippen MR) is 75.0 cm³/mol. The lowest BCUT2D eigenvalue weighted by atomic mass is 10.1. The van der Waals surface area contributed by atoms with Gasteiger partial charge in [-0.15, -0.1) is 5.10 Å². The van der Waals surface area contributed by atoms with E-state index in [1.807, 2.05) is 24.3 Å².